The van der Waals surface area contributed by atoms with Gasteiger partial charge in [0.25, 0.3) is 0 Å². The second-order valence-electron chi connectivity index (χ2n) is 7.20. The Balaban J connectivity index is 0.00000341. The molecule has 31 heavy (non-hydrogen) atoms. The Morgan fingerprint density at radius 2 is 1.55 bits per heavy atom. The van der Waals surface area contributed by atoms with Gasteiger partial charge in [0, 0.05) is 12.0 Å². The highest BCUT2D eigenvalue weighted by Gasteiger charge is 2.09. The molecule has 0 aliphatic rings. The molecule has 0 aliphatic carbocycles. The third kappa shape index (κ3) is 6.74. The number of ether oxygens (including phenoxy) is 1. The SMILES string of the molecule is C.O=C(O)Cc1ccc2cc(OCCCCCC(=O)c3ccc(O)c(O)c3)ccc2c1. The summed E-state index contributed by atoms with van der Waals surface area (Å²) in [5.41, 5.74) is 1.16. The van der Waals surface area contributed by atoms with E-state index in [4.69, 9.17) is 9.84 Å². The number of hydrogen-bond donors (Lipinski definition) is 3. The third-order valence-corrected chi connectivity index (χ3v) is 4.85. The summed E-state index contributed by atoms with van der Waals surface area (Å²) in [6, 6.07) is 15.4. The van der Waals surface area contributed by atoms with E-state index >= 15 is 0 Å². The fourth-order valence-corrected chi connectivity index (χ4v) is 3.24. The van der Waals surface area contributed by atoms with Crippen LogP contribution in [-0.2, 0) is 11.2 Å². The van der Waals surface area contributed by atoms with Crippen LogP contribution in [0, 0.1) is 0 Å². The number of rotatable bonds is 10. The summed E-state index contributed by atoms with van der Waals surface area (Å²) in [5.74, 6) is -0.690. The molecule has 6 nitrogen and oxygen atoms in total. The molecule has 3 N–H and O–H groups in total. The lowest BCUT2D eigenvalue weighted by Gasteiger charge is -2.08. The minimum Gasteiger partial charge on any atom is -0.504 e. The smallest absolute Gasteiger partial charge is 0.307 e. The first-order chi connectivity index (χ1) is 14.4. The molecule has 6 heteroatoms. The second kappa shape index (κ2) is 11.0. The molecule has 0 unspecified atom stereocenters. The van der Waals surface area contributed by atoms with Gasteiger partial charge in [0.05, 0.1) is 13.0 Å². The first-order valence-electron chi connectivity index (χ1n) is 9.85. The van der Waals surface area contributed by atoms with Gasteiger partial charge in [-0.1, -0.05) is 31.7 Å². The van der Waals surface area contributed by atoms with Gasteiger partial charge < -0.3 is 20.1 Å². The molecule has 3 rings (SSSR count). The summed E-state index contributed by atoms with van der Waals surface area (Å²) >= 11 is 0. The number of carbonyl (C=O) groups is 2. The van der Waals surface area contributed by atoms with Crippen LogP contribution in [-0.4, -0.2) is 33.7 Å². The third-order valence-electron chi connectivity index (χ3n) is 4.85. The number of carboxylic acids is 1. The van der Waals surface area contributed by atoms with E-state index in [1.807, 2.05) is 36.4 Å². The summed E-state index contributed by atoms with van der Waals surface area (Å²) in [7, 11) is 0. The molecule has 0 amide bonds. The molecule has 0 spiro atoms. The zero-order chi connectivity index (χ0) is 21.5. The summed E-state index contributed by atoms with van der Waals surface area (Å²) in [4.78, 5) is 22.9. The van der Waals surface area contributed by atoms with Gasteiger partial charge in [-0.05, 0) is 65.9 Å². The Labute approximate surface area is 181 Å². The number of hydrogen-bond acceptors (Lipinski definition) is 5. The number of phenols is 2. The van der Waals surface area contributed by atoms with Crippen molar-refractivity contribution < 1.29 is 29.6 Å². The van der Waals surface area contributed by atoms with Crippen LogP contribution in [0.25, 0.3) is 10.8 Å². The lowest BCUT2D eigenvalue weighted by Crippen LogP contribution is -2.01. The number of benzene rings is 3. The maximum Gasteiger partial charge on any atom is 0.307 e. The number of Topliss-reactive ketones (excluding diaryl/α,β-unsaturated/α-hetero) is 1. The molecule has 0 atom stereocenters. The second-order valence-corrected chi connectivity index (χ2v) is 7.20. The zero-order valence-corrected chi connectivity index (χ0v) is 16.5. The van der Waals surface area contributed by atoms with E-state index in [9.17, 15) is 19.8 Å². The molecule has 0 aliphatic heterocycles. The van der Waals surface area contributed by atoms with Crippen molar-refractivity contribution in [2.24, 2.45) is 0 Å². The number of carboxylic acid groups (broad SMARTS) is 1. The number of unbranched alkanes of at least 4 members (excludes halogenated alkanes) is 2. The van der Waals surface area contributed by atoms with Crippen molar-refractivity contribution >= 4 is 22.5 Å². The molecular formula is C25H28O6. The van der Waals surface area contributed by atoms with Crippen LogP contribution in [0.4, 0.5) is 0 Å². The van der Waals surface area contributed by atoms with Crippen LogP contribution in [0.2, 0.25) is 0 Å². The molecule has 0 fully saturated rings. The normalized spacial score (nSPS) is 10.5. The van der Waals surface area contributed by atoms with Crippen molar-refractivity contribution in [1.82, 2.24) is 0 Å². The van der Waals surface area contributed by atoms with Gasteiger partial charge in [0.2, 0.25) is 0 Å². The minimum absolute atomic E-state index is 0. The topological polar surface area (TPSA) is 104 Å². The number of phenolic OH excluding ortho intramolecular Hbond substituents is 2. The van der Waals surface area contributed by atoms with E-state index in [2.05, 4.69) is 0 Å². The molecule has 0 saturated heterocycles. The summed E-state index contributed by atoms with van der Waals surface area (Å²) in [6.45, 7) is 0.538. The lowest BCUT2D eigenvalue weighted by molar-refractivity contribution is -0.136. The monoisotopic (exact) mass is 424 g/mol. The highest BCUT2D eigenvalue weighted by Crippen LogP contribution is 2.26. The van der Waals surface area contributed by atoms with Crippen molar-refractivity contribution in [1.29, 1.82) is 0 Å². The molecule has 0 bridgehead atoms. The Bertz CT molecular complexity index is 1060. The number of ketones is 1. The molecular weight excluding hydrogens is 396 g/mol. The molecule has 0 heterocycles. The minimum atomic E-state index is -0.850. The summed E-state index contributed by atoms with van der Waals surface area (Å²) in [6.07, 6.45) is 2.74. The summed E-state index contributed by atoms with van der Waals surface area (Å²) in [5, 5.41) is 29.6. The maximum absolute atomic E-state index is 12.1. The Morgan fingerprint density at radius 3 is 2.29 bits per heavy atom. The number of carbonyl (C=O) groups excluding carboxylic acids is 1. The molecule has 0 radical (unpaired) electrons. The first-order valence-corrected chi connectivity index (χ1v) is 9.85. The first kappa shape index (κ1) is 23.7. The quantitative estimate of drug-likeness (QED) is 0.231. The number of fused-ring (bicyclic) bond motifs is 1. The Kier molecular flexibility index (Phi) is 8.43. The largest absolute Gasteiger partial charge is 0.504 e. The van der Waals surface area contributed by atoms with Crippen molar-refractivity contribution in [3.05, 3.63) is 65.7 Å². The van der Waals surface area contributed by atoms with Crippen LogP contribution >= 0.6 is 0 Å². The van der Waals surface area contributed by atoms with E-state index < -0.39 is 5.97 Å². The van der Waals surface area contributed by atoms with E-state index in [0.717, 1.165) is 34.9 Å². The van der Waals surface area contributed by atoms with Crippen molar-refractivity contribution in [2.45, 2.75) is 39.5 Å². The average Bonchev–Trinajstić information content (AvgIpc) is 2.72. The predicted octanol–water partition coefficient (Wildman–Crippen LogP) is 5.34. The highest BCUT2D eigenvalue weighted by molar-refractivity contribution is 5.96. The van der Waals surface area contributed by atoms with Gasteiger partial charge in [0.1, 0.15) is 5.75 Å². The van der Waals surface area contributed by atoms with Crippen molar-refractivity contribution in [3.63, 3.8) is 0 Å². The molecule has 0 aromatic heterocycles. The van der Waals surface area contributed by atoms with E-state index in [1.165, 1.54) is 18.2 Å². The zero-order valence-electron chi connectivity index (χ0n) is 16.5. The highest BCUT2D eigenvalue weighted by atomic mass is 16.5. The fraction of sp³-hybridized carbons (Fsp3) is 0.280. The summed E-state index contributed by atoms with van der Waals surface area (Å²) < 4.78 is 5.79. The number of aliphatic carboxylic acids is 1. The van der Waals surface area contributed by atoms with E-state index in [0.29, 0.717) is 25.0 Å². The van der Waals surface area contributed by atoms with Crippen LogP contribution < -0.4 is 4.74 Å². The van der Waals surface area contributed by atoms with E-state index in [-0.39, 0.29) is 31.1 Å². The van der Waals surface area contributed by atoms with Crippen molar-refractivity contribution in [2.75, 3.05) is 6.61 Å². The van der Waals surface area contributed by atoms with Crippen LogP contribution in [0.1, 0.15) is 49.0 Å². The van der Waals surface area contributed by atoms with Gasteiger partial charge in [-0.2, -0.15) is 0 Å². The molecule has 3 aromatic rings. The molecule has 3 aromatic carbocycles. The van der Waals surface area contributed by atoms with Gasteiger partial charge in [-0.15, -0.1) is 0 Å². The Morgan fingerprint density at radius 1 is 0.806 bits per heavy atom. The molecule has 164 valence electrons. The molecule has 0 saturated carbocycles. The fourth-order valence-electron chi connectivity index (χ4n) is 3.24. The predicted molar refractivity (Wildman–Crippen MR) is 120 cm³/mol. The standard InChI is InChI=1S/C24H24O6.CH4/c25-21(19-8-10-22(26)23(27)15-19)4-2-1-3-11-30-20-9-7-17-12-16(13-24(28)29)5-6-18(17)14-20;/h5-10,12,14-15,26-27H,1-4,11,13H2,(H,28,29);1H4. The Hall–Kier alpha value is -3.54. The van der Waals surface area contributed by atoms with Gasteiger partial charge >= 0.3 is 5.97 Å². The van der Waals surface area contributed by atoms with E-state index in [1.54, 1.807) is 0 Å². The maximum atomic E-state index is 12.1. The van der Waals surface area contributed by atoms with Crippen LogP contribution in [0.3, 0.4) is 0 Å². The van der Waals surface area contributed by atoms with Crippen LogP contribution in [0.15, 0.2) is 54.6 Å². The average molecular weight is 424 g/mol. The lowest BCUT2D eigenvalue weighted by atomic mass is 10.0. The van der Waals surface area contributed by atoms with Gasteiger partial charge in [-0.25, -0.2) is 0 Å². The van der Waals surface area contributed by atoms with Gasteiger partial charge in [-0.3, -0.25) is 9.59 Å². The number of aromatic hydroxyl groups is 2. The van der Waals surface area contributed by atoms with Crippen molar-refractivity contribution in [3.8, 4) is 17.2 Å². The van der Waals surface area contributed by atoms with Gasteiger partial charge in [0.15, 0.2) is 17.3 Å². The van der Waals surface area contributed by atoms with Crippen LogP contribution in [0.5, 0.6) is 17.2 Å².